The van der Waals surface area contributed by atoms with E-state index < -0.39 is 0 Å². The van der Waals surface area contributed by atoms with Gasteiger partial charge < -0.3 is 9.80 Å². The molecular formula is C19H38Cl2MnN4. The van der Waals surface area contributed by atoms with Crippen LogP contribution < -0.4 is 0 Å². The van der Waals surface area contributed by atoms with Gasteiger partial charge in [0.15, 0.2) is 0 Å². The van der Waals surface area contributed by atoms with Crippen molar-refractivity contribution in [2.45, 2.75) is 44.9 Å². The molecule has 2 atom stereocenters. The standard InChI is InChI=1S/C19H38N4.2ClH.Mn/c1-20-9-5-14-23-15-12-21(17-19-7-3-2-4-8-19)10-6-11-22(18-23)13-16-23;;;/h19H,2-18H2,1H3;2*1H;/q;;;+2/p-2. The third kappa shape index (κ3) is 8.13. The summed E-state index contributed by atoms with van der Waals surface area (Å²) in [4.78, 5) is 5.55. The van der Waals surface area contributed by atoms with Crippen LogP contribution in [0.15, 0.2) is 0 Å². The van der Waals surface area contributed by atoms with Crippen molar-refractivity contribution >= 4 is 20.2 Å². The number of rotatable bonds is 6. The average Bonchev–Trinajstić information content (AvgIpc) is 3.07. The predicted molar refractivity (Wildman–Crippen MR) is 109 cm³/mol. The Labute approximate surface area is 176 Å². The van der Waals surface area contributed by atoms with Crippen molar-refractivity contribution in [1.29, 1.82) is 0 Å². The molecule has 0 amide bonds. The number of hydrogen-bond acceptors (Lipinski definition) is 2. The Morgan fingerprint density at radius 2 is 1.73 bits per heavy atom. The van der Waals surface area contributed by atoms with Crippen molar-refractivity contribution in [2.75, 3.05) is 72.6 Å². The van der Waals surface area contributed by atoms with E-state index in [9.17, 15) is 0 Å². The molecule has 1 saturated carbocycles. The molecule has 3 rings (SSSR count). The van der Waals surface area contributed by atoms with Crippen molar-refractivity contribution in [2.24, 2.45) is 5.92 Å². The molecule has 7 heteroatoms. The molecule has 26 heavy (non-hydrogen) atoms. The van der Waals surface area contributed by atoms with E-state index in [-0.39, 0.29) is 13.1 Å². The maximum atomic E-state index is 4.80. The number of quaternary nitrogens is 1. The van der Waals surface area contributed by atoms with E-state index in [2.05, 4.69) is 15.1 Å². The fourth-order valence-electron chi connectivity index (χ4n) is 5.04. The summed E-state index contributed by atoms with van der Waals surface area (Å²) in [5.74, 6) is 0.990. The van der Waals surface area contributed by atoms with E-state index in [1.165, 1.54) is 108 Å². The summed E-state index contributed by atoms with van der Waals surface area (Å²) in [7, 11) is 11.5. The molecule has 2 aliphatic heterocycles. The van der Waals surface area contributed by atoms with Crippen molar-refractivity contribution in [3.8, 4) is 0 Å². The average molecular weight is 448 g/mol. The summed E-state index contributed by atoms with van der Waals surface area (Å²) in [6.07, 6.45) is 10.1. The van der Waals surface area contributed by atoms with Crippen LogP contribution in [-0.4, -0.2) is 86.9 Å². The van der Waals surface area contributed by atoms with Gasteiger partial charge in [-0.1, -0.05) is 19.3 Å². The SMILES string of the molecule is C[N-]CCC[N+]12CCN(CC3CCCCC3)CCCN(CC1)C2.[Cl][Mn][Cl]. The molecule has 3 aliphatic rings. The molecule has 0 N–H and O–H groups in total. The third-order valence-electron chi connectivity index (χ3n) is 6.49. The molecule has 3 fully saturated rings. The normalized spacial score (nSPS) is 30.8. The number of nitrogens with zero attached hydrogens (tertiary/aromatic N) is 4. The van der Waals surface area contributed by atoms with Gasteiger partial charge in [0.25, 0.3) is 0 Å². The Morgan fingerprint density at radius 3 is 2.46 bits per heavy atom. The first-order valence-corrected chi connectivity index (χ1v) is 13.7. The molecule has 0 radical (unpaired) electrons. The summed E-state index contributed by atoms with van der Waals surface area (Å²) in [5.41, 5.74) is 0. The quantitative estimate of drug-likeness (QED) is 0.346. The second-order valence-corrected chi connectivity index (χ2v) is 10.3. The minimum atomic E-state index is 0.00694. The molecule has 0 spiro atoms. The fourth-order valence-corrected chi connectivity index (χ4v) is 5.04. The van der Waals surface area contributed by atoms with Crippen LogP contribution in [0.1, 0.15) is 44.9 Å². The van der Waals surface area contributed by atoms with Gasteiger partial charge in [0.05, 0.1) is 26.2 Å². The van der Waals surface area contributed by atoms with Crippen LogP contribution in [0, 0.1) is 5.92 Å². The van der Waals surface area contributed by atoms with Gasteiger partial charge in [0.1, 0.15) is 6.67 Å². The molecule has 1 aliphatic carbocycles. The van der Waals surface area contributed by atoms with Crippen LogP contribution in [0.25, 0.3) is 5.32 Å². The van der Waals surface area contributed by atoms with Crippen LogP contribution in [0.2, 0.25) is 0 Å². The van der Waals surface area contributed by atoms with E-state index in [1.807, 2.05) is 7.05 Å². The number of fused-ring (bicyclic) bond motifs is 2. The molecule has 2 saturated heterocycles. The van der Waals surface area contributed by atoms with Crippen LogP contribution in [0.4, 0.5) is 0 Å². The van der Waals surface area contributed by atoms with Crippen molar-refractivity contribution in [1.82, 2.24) is 9.80 Å². The molecule has 0 aromatic rings. The zero-order valence-electron chi connectivity index (χ0n) is 16.5. The van der Waals surface area contributed by atoms with Crippen molar-refractivity contribution in [3.05, 3.63) is 5.32 Å². The van der Waals surface area contributed by atoms with Crippen LogP contribution in [0.5, 0.6) is 0 Å². The number of hydrogen-bond donors (Lipinski definition) is 0. The fraction of sp³-hybridized carbons (Fsp3) is 1.00. The minimum absolute atomic E-state index is 0.00694. The Bertz CT molecular complexity index is 371. The van der Waals surface area contributed by atoms with Gasteiger partial charge in [-0.3, -0.25) is 9.80 Å². The van der Waals surface area contributed by atoms with E-state index in [4.69, 9.17) is 20.2 Å². The van der Waals surface area contributed by atoms with Crippen molar-refractivity contribution in [3.63, 3.8) is 0 Å². The van der Waals surface area contributed by atoms with Crippen molar-refractivity contribution < 1.29 is 17.6 Å². The Hall–Kier alpha value is 0.939. The zero-order chi connectivity index (χ0) is 18.7. The predicted octanol–water partition coefficient (Wildman–Crippen LogP) is 4.13. The second-order valence-electron chi connectivity index (χ2n) is 8.38. The van der Waals surface area contributed by atoms with Gasteiger partial charge in [-0.2, -0.15) is 7.05 Å². The Balaban J connectivity index is 0.000000758. The van der Waals surface area contributed by atoms with Gasteiger partial charge in [-0.05, 0) is 38.1 Å². The first-order chi connectivity index (χ1) is 12.7. The molecule has 0 aromatic heterocycles. The van der Waals surface area contributed by atoms with Gasteiger partial charge in [-0.25, -0.2) is 0 Å². The molecule has 4 nitrogen and oxygen atoms in total. The molecule has 2 heterocycles. The van der Waals surface area contributed by atoms with Gasteiger partial charge in [0, 0.05) is 19.6 Å². The van der Waals surface area contributed by atoms with E-state index in [0.29, 0.717) is 0 Å². The summed E-state index contributed by atoms with van der Waals surface area (Å²) >= 11 is 0.00694. The first-order valence-electron chi connectivity index (χ1n) is 10.4. The Kier molecular flexibility index (Phi) is 11.8. The van der Waals surface area contributed by atoms with Gasteiger partial charge >= 0.3 is 33.3 Å². The second kappa shape index (κ2) is 13.2. The maximum absolute atomic E-state index is 4.80. The Morgan fingerprint density at radius 1 is 1.00 bits per heavy atom. The van der Waals surface area contributed by atoms with E-state index in [1.54, 1.807) is 0 Å². The summed E-state index contributed by atoms with van der Waals surface area (Å²) in [6, 6.07) is 0. The third-order valence-corrected chi connectivity index (χ3v) is 6.49. The number of halogens is 2. The van der Waals surface area contributed by atoms with Gasteiger partial charge in [-0.15, -0.1) is 6.54 Å². The molecule has 0 aromatic carbocycles. The van der Waals surface area contributed by atoms with E-state index in [0.717, 1.165) is 12.5 Å². The van der Waals surface area contributed by atoms with Crippen LogP contribution >= 0.6 is 20.2 Å². The molecule has 2 unspecified atom stereocenters. The first kappa shape index (κ1) is 23.2. The topological polar surface area (TPSA) is 20.6 Å². The molecule has 2 bridgehead atoms. The monoisotopic (exact) mass is 447 g/mol. The molecular weight excluding hydrogens is 410 g/mol. The van der Waals surface area contributed by atoms with Crippen LogP contribution in [-0.2, 0) is 13.1 Å². The summed E-state index contributed by atoms with van der Waals surface area (Å²) in [6.45, 7) is 13.1. The summed E-state index contributed by atoms with van der Waals surface area (Å²) < 4.78 is 1.34. The van der Waals surface area contributed by atoms with Gasteiger partial charge in [0.2, 0.25) is 0 Å². The van der Waals surface area contributed by atoms with Crippen LogP contribution in [0.3, 0.4) is 0 Å². The zero-order valence-corrected chi connectivity index (χ0v) is 19.2. The molecule has 155 valence electrons. The summed E-state index contributed by atoms with van der Waals surface area (Å²) in [5, 5.41) is 4.32. The van der Waals surface area contributed by atoms with E-state index >= 15 is 0 Å².